The van der Waals surface area contributed by atoms with Crippen molar-refractivity contribution in [3.05, 3.63) is 48.0 Å². The second-order valence-electron chi connectivity index (χ2n) is 9.96. The highest BCUT2D eigenvalue weighted by atomic mass is 16.6. The molecule has 0 heterocycles. The molecule has 8 nitrogen and oxygen atoms in total. The van der Waals surface area contributed by atoms with E-state index in [9.17, 15) is 9.59 Å². The van der Waals surface area contributed by atoms with Gasteiger partial charge in [0, 0.05) is 47.6 Å². The normalized spacial score (nSPS) is 12.7. The highest BCUT2D eigenvalue weighted by Gasteiger charge is 2.22. The van der Waals surface area contributed by atoms with Crippen molar-refractivity contribution in [1.29, 1.82) is 0 Å². The molecule has 0 bridgehead atoms. The molecule has 0 amide bonds. The lowest BCUT2D eigenvalue weighted by Crippen LogP contribution is -2.30. The maximum Gasteiger partial charge on any atom is 0.305 e. The monoisotopic (exact) mass is 568 g/mol. The van der Waals surface area contributed by atoms with Crippen LogP contribution >= 0.6 is 0 Å². The third-order valence-corrected chi connectivity index (χ3v) is 6.39. The highest BCUT2D eigenvalue weighted by molar-refractivity contribution is 6.11. The summed E-state index contributed by atoms with van der Waals surface area (Å²) in [4.78, 5) is 24.2. The van der Waals surface area contributed by atoms with Gasteiger partial charge in [0.25, 0.3) is 0 Å². The van der Waals surface area contributed by atoms with Crippen molar-refractivity contribution in [2.24, 2.45) is 0 Å². The zero-order valence-electron chi connectivity index (χ0n) is 25.0. The van der Waals surface area contributed by atoms with Crippen molar-refractivity contribution < 1.29 is 38.0 Å². The predicted octanol–water partition coefficient (Wildman–Crippen LogP) is 6.56. The number of esters is 2. The van der Waals surface area contributed by atoms with Crippen LogP contribution in [-0.4, -0.2) is 63.8 Å². The summed E-state index contributed by atoms with van der Waals surface area (Å²) in [6.07, 6.45) is 1.21. The van der Waals surface area contributed by atoms with E-state index < -0.39 is 12.2 Å². The number of aryl methyl sites for hydroxylation is 1. The zero-order valence-corrected chi connectivity index (χ0v) is 25.0. The molecule has 0 aliphatic rings. The smallest absolute Gasteiger partial charge is 0.305 e. The van der Waals surface area contributed by atoms with Crippen molar-refractivity contribution in [2.45, 2.75) is 72.5 Å². The Balaban J connectivity index is 1.97. The first-order valence-electron chi connectivity index (χ1n) is 14.7. The Kier molecular flexibility index (Phi) is 13.2. The number of benzene rings is 3. The minimum Gasteiger partial charge on any atom is -0.488 e. The second-order valence-corrected chi connectivity index (χ2v) is 9.96. The molecule has 8 heteroatoms. The molecular weight excluding hydrogens is 524 g/mol. The standard InChI is InChI=1S/C33H44O8/c1-6-16-36-19-24(40-30(34)8-3)21-38-32-26-12-10-11-13-27(26)33(29-18-23(5)14-15-28(29)32)39-22-25(20-37-17-7-2)41-31(35)9-4/h10-15,18,24-25H,6-9,16-17,19-22H2,1-5H3. The molecule has 3 aromatic carbocycles. The predicted molar refractivity (Wildman–Crippen MR) is 160 cm³/mol. The van der Waals surface area contributed by atoms with Gasteiger partial charge in [-0.25, -0.2) is 0 Å². The molecule has 0 N–H and O–H groups in total. The average molecular weight is 569 g/mol. The fourth-order valence-corrected chi connectivity index (χ4v) is 4.37. The Hall–Kier alpha value is -3.36. The summed E-state index contributed by atoms with van der Waals surface area (Å²) >= 11 is 0. The molecule has 0 aliphatic heterocycles. The number of carbonyl (C=O) groups excluding carboxylic acids is 2. The van der Waals surface area contributed by atoms with Gasteiger partial charge in [0.2, 0.25) is 0 Å². The first-order chi connectivity index (χ1) is 19.9. The van der Waals surface area contributed by atoms with Crippen LogP contribution in [0.4, 0.5) is 0 Å². The van der Waals surface area contributed by atoms with Crippen LogP contribution in [0.25, 0.3) is 21.5 Å². The summed E-state index contributed by atoms with van der Waals surface area (Å²) in [5.41, 5.74) is 1.06. The first kappa shape index (κ1) is 32.2. The Labute approximate surface area is 243 Å². The Morgan fingerprint density at radius 1 is 0.634 bits per heavy atom. The minimum atomic E-state index is -0.541. The van der Waals surface area contributed by atoms with E-state index >= 15 is 0 Å². The molecule has 0 aliphatic carbocycles. The Morgan fingerprint density at radius 2 is 1.10 bits per heavy atom. The Bertz CT molecular complexity index is 1270. The zero-order chi connectivity index (χ0) is 29.6. The molecule has 0 spiro atoms. The molecule has 3 aromatic rings. The van der Waals surface area contributed by atoms with E-state index in [0.717, 1.165) is 39.9 Å². The van der Waals surface area contributed by atoms with Crippen molar-refractivity contribution >= 4 is 33.5 Å². The molecule has 0 radical (unpaired) electrons. The lowest BCUT2D eigenvalue weighted by atomic mass is 9.99. The van der Waals surface area contributed by atoms with Gasteiger partial charge in [-0.15, -0.1) is 0 Å². The fraction of sp³-hybridized carbons (Fsp3) is 0.515. The van der Waals surface area contributed by atoms with Crippen LogP contribution in [0.3, 0.4) is 0 Å². The third-order valence-electron chi connectivity index (χ3n) is 6.39. The maximum absolute atomic E-state index is 12.1. The van der Waals surface area contributed by atoms with Crippen LogP contribution in [0.5, 0.6) is 11.5 Å². The van der Waals surface area contributed by atoms with E-state index in [1.54, 1.807) is 13.8 Å². The molecule has 0 fully saturated rings. The van der Waals surface area contributed by atoms with Crippen molar-refractivity contribution in [3.8, 4) is 11.5 Å². The van der Waals surface area contributed by atoms with E-state index in [0.29, 0.717) is 24.7 Å². The number of fused-ring (bicyclic) bond motifs is 2. The number of hydrogen-bond donors (Lipinski definition) is 0. The summed E-state index contributed by atoms with van der Waals surface area (Å²) < 4.78 is 35.5. The van der Waals surface area contributed by atoms with Crippen molar-refractivity contribution in [1.82, 2.24) is 0 Å². The van der Waals surface area contributed by atoms with Crippen molar-refractivity contribution in [2.75, 3.05) is 39.6 Å². The van der Waals surface area contributed by atoms with Gasteiger partial charge in [-0.2, -0.15) is 0 Å². The topological polar surface area (TPSA) is 89.5 Å². The summed E-state index contributed by atoms with van der Waals surface area (Å²) in [7, 11) is 0. The third kappa shape index (κ3) is 9.33. The van der Waals surface area contributed by atoms with Crippen LogP contribution in [-0.2, 0) is 28.5 Å². The van der Waals surface area contributed by atoms with Gasteiger partial charge in [-0.3, -0.25) is 9.59 Å². The van der Waals surface area contributed by atoms with E-state index in [1.165, 1.54) is 0 Å². The summed E-state index contributed by atoms with van der Waals surface area (Å²) in [5.74, 6) is 0.763. The van der Waals surface area contributed by atoms with Crippen LogP contribution in [0.2, 0.25) is 0 Å². The van der Waals surface area contributed by atoms with E-state index in [2.05, 4.69) is 6.07 Å². The molecule has 0 saturated heterocycles. The van der Waals surface area contributed by atoms with Gasteiger partial charge in [0.1, 0.15) is 24.7 Å². The number of rotatable bonds is 18. The average Bonchev–Trinajstić information content (AvgIpc) is 2.98. The van der Waals surface area contributed by atoms with Crippen LogP contribution in [0, 0.1) is 6.92 Å². The van der Waals surface area contributed by atoms with Gasteiger partial charge in [-0.1, -0.05) is 69.7 Å². The lowest BCUT2D eigenvalue weighted by molar-refractivity contribution is -0.154. The van der Waals surface area contributed by atoms with Crippen LogP contribution in [0.1, 0.15) is 58.9 Å². The lowest BCUT2D eigenvalue weighted by Gasteiger charge is -2.23. The largest absolute Gasteiger partial charge is 0.488 e. The number of ether oxygens (including phenoxy) is 6. The van der Waals surface area contributed by atoms with Gasteiger partial charge in [0.15, 0.2) is 12.2 Å². The molecule has 0 aromatic heterocycles. The second kappa shape index (κ2) is 16.8. The van der Waals surface area contributed by atoms with Crippen LogP contribution in [0.15, 0.2) is 42.5 Å². The van der Waals surface area contributed by atoms with Gasteiger partial charge >= 0.3 is 11.9 Å². The molecule has 2 atom stereocenters. The molecule has 2 unspecified atom stereocenters. The maximum atomic E-state index is 12.1. The highest BCUT2D eigenvalue weighted by Crippen LogP contribution is 2.43. The first-order valence-corrected chi connectivity index (χ1v) is 14.7. The molecular formula is C33H44O8. The van der Waals surface area contributed by atoms with Crippen molar-refractivity contribution in [3.63, 3.8) is 0 Å². The molecule has 41 heavy (non-hydrogen) atoms. The van der Waals surface area contributed by atoms with E-state index in [4.69, 9.17) is 28.4 Å². The fourth-order valence-electron chi connectivity index (χ4n) is 4.37. The minimum absolute atomic E-state index is 0.145. The molecule has 3 rings (SSSR count). The SMILES string of the molecule is CCCOCC(COc1c2ccccc2c(OCC(COCCC)OC(=O)CC)c2cc(C)ccc12)OC(=O)CC. The number of hydrogen-bond acceptors (Lipinski definition) is 8. The van der Waals surface area contributed by atoms with Gasteiger partial charge < -0.3 is 28.4 Å². The van der Waals surface area contributed by atoms with Crippen LogP contribution < -0.4 is 9.47 Å². The summed E-state index contributed by atoms with van der Waals surface area (Å²) in [6, 6.07) is 14.0. The van der Waals surface area contributed by atoms with Gasteiger partial charge in [-0.05, 0) is 25.8 Å². The van der Waals surface area contributed by atoms with E-state index in [1.807, 2.05) is 57.2 Å². The van der Waals surface area contributed by atoms with Gasteiger partial charge in [0.05, 0.1) is 13.2 Å². The molecule has 224 valence electrons. The quantitative estimate of drug-likeness (QED) is 0.0969. The number of carbonyl (C=O) groups is 2. The molecule has 0 saturated carbocycles. The summed E-state index contributed by atoms with van der Waals surface area (Å²) in [6.45, 7) is 11.6. The van der Waals surface area contributed by atoms with E-state index in [-0.39, 0.29) is 51.2 Å². The summed E-state index contributed by atoms with van der Waals surface area (Å²) in [5, 5.41) is 3.46. The Morgan fingerprint density at radius 3 is 1.56 bits per heavy atom.